The number of hydrogen-bond acceptors (Lipinski definition) is 16. The molecule has 174 valence electrons. The molecule has 2 aromatic rings. The van der Waals surface area contributed by atoms with E-state index in [1.807, 2.05) is 0 Å². The number of aliphatic hydroxyl groups excluding tert-OH is 2. The number of H-pyrrole nitrogens is 1. The summed E-state index contributed by atoms with van der Waals surface area (Å²) in [5.41, 5.74) is -0.764. The largest absolute Gasteiger partial charge is 1.00 e. The van der Waals surface area contributed by atoms with Crippen molar-refractivity contribution in [3.8, 4) is 0 Å². The molecule has 0 radical (unpaired) electrons. The van der Waals surface area contributed by atoms with E-state index in [0.29, 0.717) is 0 Å². The van der Waals surface area contributed by atoms with E-state index in [4.69, 9.17) is 4.74 Å². The maximum absolute atomic E-state index is 11.7. The van der Waals surface area contributed by atoms with Crippen LogP contribution in [0.25, 0.3) is 11.2 Å². The van der Waals surface area contributed by atoms with Gasteiger partial charge in [0, 0.05) is 0 Å². The van der Waals surface area contributed by atoms with Crippen LogP contribution in [0.15, 0.2) is 17.4 Å². The van der Waals surface area contributed by atoms with Crippen LogP contribution in [0.2, 0.25) is 0 Å². The number of fused-ring (bicyclic) bond motifs is 1. The van der Waals surface area contributed by atoms with E-state index in [-0.39, 0.29) is 86.6 Å². The second-order valence-corrected chi connectivity index (χ2v) is 10.2. The number of nitrogens with one attached hydrogen (secondary N) is 1. The number of imidazole rings is 1. The summed E-state index contributed by atoms with van der Waals surface area (Å²) in [6.45, 7) is -1.11. The van der Waals surface area contributed by atoms with Crippen molar-refractivity contribution in [1.82, 2.24) is 19.5 Å². The van der Waals surface area contributed by atoms with Crippen LogP contribution in [-0.2, 0) is 31.6 Å². The zero-order chi connectivity index (χ0) is 23.2. The molecular formula is C10H11Li4N4O14P3. The second-order valence-electron chi connectivity index (χ2n) is 5.90. The van der Waals surface area contributed by atoms with Crippen molar-refractivity contribution < 1.29 is 137 Å². The first-order chi connectivity index (χ1) is 14.2. The van der Waals surface area contributed by atoms with Crippen molar-refractivity contribution in [2.75, 3.05) is 6.61 Å². The zero-order valence-corrected chi connectivity index (χ0v) is 21.3. The number of phosphoric ester groups is 1. The molecule has 3 rings (SSSR count). The topological polar surface area (TPSA) is 284 Å². The van der Waals surface area contributed by atoms with E-state index in [1.54, 1.807) is 0 Å². The molecule has 2 aromatic heterocycles. The third-order valence-corrected chi connectivity index (χ3v) is 7.44. The van der Waals surface area contributed by atoms with Crippen LogP contribution in [0.5, 0.6) is 0 Å². The molecule has 1 aliphatic heterocycles. The number of aromatic nitrogens is 4. The quantitative estimate of drug-likeness (QED) is 0.210. The van der Waals surface area contributed by atoms with Gasteiger partial charge in [0.05, 0.1) is 27.1 Å². The predicted molar refractivity (Wildman–Crippen MR) is 85.0 cm³/mol. The van der Waals surface area contributed by atoms with Gasteiger partial charge in [-0.1, -0.05) is 0 Å². The van der Waals surface area contributed by atoms with Gasteiger partial charge in [-0.3, -0.25) is 22.8 Å². The molecule has 35 heavy (non-hydrogen) atoms. The molecule has 18 nitrogen and oxygen atoms in total. The van der Waals surface area contributed by atoms with Crippen molar-refractivity contribution in [3.63, 3.8) is 0 Å². The van der Waals surface area contributed by atoms with E-state index < -0.39 is 60.2 Å². The van der Waals surface area contributed by atoms with Gasteiger partial charge in [0.25, 0.3) is 21.2 Å². The molecule has 0 aliphatic carbocycles. The van der Waals surface area contributed by atoms with E-state index in [2.05, 4.69) is 28.1 Å². The van der Waals surface area contributed by atoms with E-state index in [1.165, 1.54) is 0 Å². The maximum Gasteiger partial charge on any atom is 1.00 e. The summed E-state index contributed by atoms with van der Waals surface area (Å²) in [5, 5.41) is 20.3. The fourth-order valence-electron chi connectivity index (χ4n) is 2.59. The minimum Gasteiger partial charge on any atom is -0.790 e. The molecule has 25 heteroatoms. The Labute approximate surface area is 243 Å². The SMILES string of the molecule is O=c1[nH]cnc2c1ncn2C1OC(COP(=O)([O-])OP(=O)([O-])OP(=O)([O-])[O-])C(O)C1O.[Li+].[Li+].[Li+].[Li+]. The van der Waals surface area contributed by atoms with Gasteiger partial charge in [0.1, 0.15) is 18.3 Å². The maximum atomic E-state index is 11.7. The first-order valence-electron chi connectivity index (χ1n) is 7.82. The van der Waals surface area contributed by atoms with Crippen molar-refractivity contribution in [2.45, 2.75) is 24.5 Å². The Morgan fingerprint density at radius 3 is 2.17 bits per heavy atom. The van der Waals surface area contributed by atoms with Crippen molar-refractivity contribution in [3.05, 3.63) is 23.0 Å². The number of nitrogens with zero attached hydrogens (tertiary/aromatic N) is 3. The number of aromatic amines is 1. The van der Waals surface area contributed by atoms with E-state index in [9.17, 15) is 48.3 Å². The van der Waals surface area contributed by atoms with Gasteiger partial charge in [-0.2, -0.15) is 0 Å². The minimum atomic E-state index is -6.15. The van der Waals surface area contributed by atoms with Gasteiger partial charge in [-0.05, 0) is 0 Å². The minimum absolute atomic E-state index is 0. The Bertz CT molecular complexity index is 1180. The van der Waals surface area contributed by atoms with Crippen LogP contribution in [0.3, 0.4) is 0 Å². The normalized spacial score (nSPS) is 25.2. The third kappa shape index (κ3) is 9.93. The molecule has 0 bridgehead atoms. The molecule has 0 aromatic carbocycles. The fraction of sp³-hybridized carbons (Fsp3) is 0.500. The first-order valence-corrected chi connectivity index (χ1v) is 12.2. The molecular weight excluding hydrogens is 521 g/mol. The van der Waals surface area contributed by atoms with Crippen LogP contribution < -0.4 is 101 Å². The molecule has 3 heterocycles. The smallest absolute Gasteiger partial charge is 0.790 e. The summed E-state index contributed by atoms with van der Waals surface area (Å²) < 4.78 is 50.0. The Morgan fingerprint density at radius 2 is 1.60 bits per heavy atom. The number of ether oxygens (including phenoxy) is 1. The summed E-state index contributed by atoms with van der Waals surface area (Å²) in [4.78, 5) is 64.9. The molecule has 0 saturated carbocycles. The molecule has 1 aliphatic rings. The molecule has 0 amide bonds. The summed E-state index contributed by atoms with van der Waals surface area (Å²) in [6, 6.07) is 0. The Morgan fingerprint density at radius 1 is 1.00 bits per heavy atom. The molecule has 1 saturated heterocycles. The number of hydrogen-bond donors (Lipinski definition) is 3. The Balaban J connectivity index is 0. The van der Waals surface area contributed by atoms with E-state index in [0.717, 1.165) is 17.2 Å². The number of phosphoric acid groups is 3. The summed E-state index contributed by atoms with van der Waals surface area (Å²) in [6.07, 6.45) is -4.35. The first kappa shape index (κ1) is 38.2. The van der Waals surface area contributed by atoms with Gasteiger partial charge in [-0.25, -0.2) is 14.3 Å². The van der Waals surface area contributed by atoms with Gasteiger partial charge in [0.15, 0.2) is 17.4 Å². The predicted octanol–water partition coefficient (Wildman–Crippen LogP) is -16.4. The Hall–Kier alpha value is 1.03. The fourth-order valence-corrected chi connectivity index (χ4v) is 5.46. The molecule has 6 unspecified atom stereocenters. The van der Waals surface area contributed by atoms with Gasteiger partial charge >= 0.3 is 75.4 Å². The van der Waals surface area contributed by atoms with Crippen LogP contribution in [0, 0.1) is 0 Å². The van der Waals surface area contributed by atoms with Crippen molar-refractivity contribution in [2.24, 2.45) is 0 Å². The summed E-state index contributed by atoms with van der Waals surface area (Å²) in [5.74, 6) is 0. The number of aliphatic hydroxyl groups is 2. The van der Waals surface area contributed by atoms with Crippen molar-refractivity contribution >= 4 is 34.6 Å². The molecule has 3 N–H and O–H groups in total. The van der Waals surface area contributed by atoms with Crippen LogP contribution >= 0.6 is 23.5 Å². The Kier molecular flexibility index (Phi) is 15.7. The van der Waals surface area contributed by atoms with Crippen LogP contribution in [0.1, 0.15) is 6.23 Å². The summed E-state index contributed by atoms with van der Waals surface area (Å²) >= 11 is 0. The van der Waals surface area contributed by atoms with Gasteiger partial charge < -0.3 is 48.6 Å². The average Bonchev–Trinajstić information content (AvgIpc) is 3.13. The average molecular weight is 532 g/mol. The monoisotopic (exact) mass is 532 g/mol. The number of rotatable bonds is 8. The van der Waals surface area contributed by atoms with Crippen molar-refractivity contribution in [1.29, 1.82) is 0 Å². The molecule has 6 atom stereocenters. The molecule has 0 spiro atoms. The van der Waals surface area contributed by atoms with Gasteiger partial charge in [0.2, 0.25) is 0 Å². The molecule has 1 fully saturated rings. The van der Waals surface area contributed by atoms with Crippen LogP contribution in [-0.4, -0.2) is 54.7 Å². The standard InChI is InChI=1S/C10H15N4O14P3.4Li/c15-6-4(1-25-30(21,22)28-31(23,24)27-29(18,19)20)26-10(7(6)16)14-3-13-5-8(14)11-2-12-9(5)17;;;;/h2-4,6-7,10,15-16H,1H2,(H,21,22)(H,23,24)(H,11,12,17)(H2,18,19,20);;;;/q;4*+1/p-4. The zero-order valence-electron chi connectivity index (χ0n) is 18.6. The third-order valence-electron chi connectivity index (χ3n) is 3.77. The van der Waals surface area contributed by atoms with E-state index >= 15 is 0 Å². The van der Waals surface area contributed by atoms with Gasteiger partial charge in [-0.15, -0.1) is 0 Å². The second kappa shape index (κ2) is 14.4. The van der Waals surface area contributed by atoms with Crippen LogP contribution in [0.4, 0.5) is 0 Å². The summed E-state index contributed by atoms with van der Waals surface area (Å²) in [7, 11) is -18.1.